The third-order valence-electron chi connectivity index (χ3n) is 1.36. The maximum atomic E-state index is 10.9. The predicted octanol–water partition coefficient (Wildman–Crippen LogP) is 1.28. The van der Waals surface area contributed by atoms with Gasteiger partial charge in [-0.25, -0.2) is 4.79 Å². The van der Waals surface area contributed by atoms with Crippen LogP contribution in [0.25, 0.3) is 0 Å². The topological polar surface area (TPSA) is 44.8 Å². The molecule has 0 saturated heterocycles. The summed E-state index contributed by atoms with van der Waals surface area (Å²) in [5.74, 6) is -0.484. The van der Waals surface area contributed by atoms with Crippen LogP contribution >= 0.6 is 0 Å². The molecule has 80 valence electrons. The molecule has 4 nitrogen and oxygen atoms in total. The van der Waals surface area contributed by atoms with Crippen LogP contribution in [0.15, 0.2) is 25.5 Å². The SMILES string of the molecule is C=COCC(COCC)OC(=O)C=C. The fourth-order valence-corrected chi connectivity index (χ4v) is 0.753. The highest BCUT2D eigenvalue weighted by molar-refractivity contribution is 5.81. The van der Waals surface area contributed by atoms with Gasteiger partial charge in [-0.15, -0.1) is 0 Å². The number of carbonyl (C=O) groups is 1. The molecule has 0 rings (SSSR count). The normalized spacial score (nSPS) is 11.5. The maximum absolute atomic E-state index is 10.9. The Labute approximate surface area is 84.1 Å². The minimum atomic E-state index is -0.484. The first-order chi connectivity index (χ1) is 6.74. The van der Waals surface area contributed by atoms with Crippen molar-refractivity contribution in [3.8, 4) is 0 Å². The van der Waals surface area contributed by atoms with E-state index in [2.05, 4.69) is 13.2 Å². The molecule has 0 heterocycles. The number of carbonyl (C=O) groups excluding carboxylic acids is 1. The number of hydrogen-bond donors (Lipinski definition) is 0. The molecule has 4 heteroatoms. The van der Waals surface area contributed by atoms with Gasteiger partial charge in [0, 0.05) is 12.7 Å². The molecule has 0 amide bonds. The van der Waals surface area contributed by atoms with E-state index in [9.17, 15) is 4.79 Å². The molecule has 0 radical (unpaired) electrons. The maximum Gasteiger partial charge on any atom is 0.330 e. The Morgan fingerprint density at radius 1 is 1.43 bits per heavy atom. The molecular weight excluding hydrogens is 184 g/mol. The van der Waals surface area contributed by atoms with E-state index in [1.54, 1.807) is 0 Å². The van der Waals surface area contributed by atoms with Gasteiger partial charge in [0.05, 0.1) is 12.9 Å². The number of esters is 1. The Morgan fingerprint density at radius 2 is 2.14 bits per heavy atom. The van der Waals surface area contributed by atoms with Crippen LogP contribution in [0.2, 0.25) is 0 Å². The monoisotopic (exact) mass is 200 g/mol. The van der Waals surface area contributed by atoms with Crippen molar-refractivity contribution in [2.45, 2.75) is 13.0 Å². The molecular formula is C10H16O4. The average Bonchev–Trinajstić information content (AvgIpc) is 2.21. The van der Waals surface area contributed by atoms with E-state index in [1.807, 2.05) is 6.92 Å². The highest BCUT2D eigenvalue weighted by atomic mass is 16.6. The summed E-state index contributed by atoms with van der Waals surface area (Å²) in [7, 11) is 0. The number of hydrogen-bond acceptors (Lipinski definition) is 4. The van der Waals surface area contributed by atoms with Gasteiger partial charge >= 0.3 is 5.97 Å². The highest BCUT2D eigenvalue weighted by Gasteiger charge is 2.12. The van der Waals surface area contributed by atoms with Gasteiger partial charge in [0.2, 0.25) is 0 Å². The summed E-state index contributed by atoms with van der Waals surface area (Å²) < 4.78 is 15.0. The van der Waals surface area contributed by atoms with Crippen molar-refractivity contribution in [1.82, 2.24) is 0 Å². The zero-order valence-corrected chi connectivity index (χ0v) is 8.40. The van der Waals surface area contributed by atoms with E-state index in [0.717, 1.165) is 6.08 Å². The summed E-state index contributed by atoms with van der Waals surface area (Å²) in [4.78, 5) is 10.9. The van der Waals surface area contributed by atoms with Crippen LogP contribution in [-0.4, -0.2) is 31.9 Å². The van der Waals surface area contributed by atoms with E-state index in [1.165, 1.54) is 6.26 Å². The van der Waals surface area contributed by atoms with Crippen LogP contribution in [0.5, 0.6) is 0 Å². The molecule has 1 unspecified atom stereocenters. The first kappa shape index (κ1) is 12.7. The van der Waals surface area contributed by atoms with Crippen molar-refractivity contribution in [1.29, 1.82) is 0 Å². The van der Waals surface area contributed by atoms with Crippen LogP contribution in [-0.2, 0) is 19.0 Å². The van der Waals surface area contributed by atoms with Crippen molar-refractivity contribution in [2.75, 3.05) is 19.8 Å². The van der Waals surface area contributed by atoms with Crippen molar-refractivity contribution < 1.29 is 19.0 Å². The Kier molecular flexibility index (Phi) is 7.55. The van der Waals surface area contributed by atoms with Crippen LogP contribution < -0.4 is 0 Å². The zero-order chi connectivity index (χ0) is 10.8. The molecule has 0 aromatic rings. The average molecular weight is 200 g/mol. The quantitative estimate of drug-likeness (QED) is 0.336. The minimum Gasteiger partial charge on any atom is -0.498 e. The van der Waals surface area contributed by atoms with E-state index in [-0.39, 0.29) is 6.61 Å². The molecule has 0 saturated carbocycles. The van der Waals surface area contributed by atoms with Crippen LogP contribution in [0.3, 0.4) is 0 Å². The molecule has 1 atom stereocenters. The molecule has 0 aliphatic heterocycles. The standard InChI is InChI=1S/C10H16O4/c1-4-10(11)14-9(7-12-5-2)8-13-6-3/h4-5,9H,1-2,6-8H2,3H3. The van der Waals surface area contributed by atoms with Gasteiger partial charge < -0.3 is 14.2 Å². The van der Waals surface area contributed by atoms with Gasteiger partial charge in [-0.1, -0.05) is 13.2 Å². The van der Waals surface area contributed by atoms with E-state index < -0.39 is 12.1 Å². The Morgan fingerprint density at radius 3 is 2.64 bits per heavy atom. The van der Waals surface area contributed by atoms with Crippen molar-refractivity contribution in [3.63, 3.8) is 0 Å². The molecule has 0 spiro atoms. The lowest BCUT2D eigenvalue weighted by Gasteiger charge is -2.15. The molecule has 0 N–H and O–H groups in total. The van der Waals surface area contributed by atoms with Gasteiger partial charge in [0.25, 0.3) is 0 Å². The van der Waals surface area contributed by atoms with Crippen molar-refractivity contribution in [2.24, 2.45) is 0 Å². The molecule has 0 aromatic heterocycles. The summed E-state index contributed by atoms with van der Waals surface area (Å²) in [5, 5.41) is 0. The van der Waals surface area contributed by atoms with Gasteiger partial charge in [-0.2, -0.15) is 0 Å². The number of ether oxygens (including phenoxy) is 3. The second-order valence-electron chi connectivity index (χ2n) is 2.42. The van der Waals surface area contributed by atoms with Crippen molar-refractivity contribution >= 4 is 5.97 Å². The molecule has 14 heavy (non-hydrogen) atoms. The van der Waals surface area contributed by atoms with Crippen LogP contribution in [0.1, 0.15) is 6.92 Å². The lowest BCUT2D eigenvalue weighted by Crippen LogP contribution is -2.27. The van der Waals surface area contributed by atoms with Gasteiger partial charge in [-0.05, 0) is 6.92 Å². The van der Waals surface area contributed by atoms with E-state index in [4.69, 9.17) is 14.2 Å². The largest absolute Gasteiger partial charge is 0.498 e. The minimum absolute atomic E-state index is 0.239. The first-order valence-electron chi connectivity index (χ1n) is 4.37. The second-order valence-corrected chi connectivity index (χ2v) is 2.42. The summed E-state index contributed by atoms with van der Waals surface area (Å²) >= 11 is 0. The molecule has 0 aromatic carbocycles. The van der Waals surface area contributed by atoms with Crippen molar-refractivity contribution in [3.05, 3.63) is 25.5 Å². The van der Waals surface area contributed by atoms with E-state index in [0.29, 0.717) is 13.2 Å². The summed E-state index contributed by atoms with van der Waals surface area (Å²) in [6, 6.07) is 0. The Hall–Kier alpha value is -1.29. The zero-order valence-electron chi connectivity index (χ0n) is 8.40. The Bertz CT molecular complexity index is 189. The third kappa shape index (κ3) is 6.25. The van der Waals surface area contributed by atoms with Crippen LogP contribution in [0.4, 0.5) is 0 Å². The first-order valence-corrected chi connectivity index (χ1v) is 4.37. The third-order valence-corrected chi connectivity index (χ3v) is 1.36. The smallest absolute Gasteiger partial charge is 0.330 e. The molecule has 0 bridgehead atoms. The van der Waals surface area contributed by atoms with Crippen LogP contribution in [0, 0.1) is 0 Å². The summed E-state index contributed by atoms with van der Waals surface area (Å²) in [6.07, 6.45) is 1.98. The van der Waals surface area contributed by atoms with Gasteiger partial charge in [-0.3, -0.25) is 0 Å². The Balaban J connectivity index is 3.88. The second kappa shape index (κ2) is 8.31. The van der Waals surface area contributed by atoms with Gasteiger partial charge in [0.15, 0.2) is 6.10 Å². The fraction of sp³-hybridized carbons (Fsp3) is 0.500. The molecule has 0 fully saturated rings. The molecule has 0 aliphatic rings. The predicted molar refractivity (Wildman–Crippen MR) is 52.7 cm³/mol. The molecule has 0 aliphatic carbocycles. The summed E-state index contributed by atoms with van der Waals surface area (Å²) in [6.45, 7) is 9.66. The highest BCUT2D eigenvalue weighted by Crippen LogP contribution is 1.97. The van der Waals surface area contributed by atoms with E-state index >= 15 is 0 Å². The number of rotatable bonds is 8. The van der Waals surface area contributed by atoms with Gasteiger partial charge in [0.1, 0.15) is 6.61 Å². The summed E-state index contributed by atoms with van der Waals surface area (Å²) in [5.41, 5.74) is 0. The lowest BCUT2D eigenvalue weighted by atomic mass is 10.4. The fourth-order valence-electron chi connectivity index (χ4n) is 0.753. The lowest BCUT2D eigenvalue weighted by molar-refractivity contribution is -0.148.